The van der Waals surface area contributed by atoms with E-state index in [2.05, 4.69) is 9.71 Å². The zero-order chi connectivity index (χ0) is 15.0. The fourth-order valence-corrected chi connectivity index (χ4v) is 2.97. The maximum Gasteiger partial charge on any atom is 0.152 e. The number of aliphatic hydroxyl groups is 1. The number of ether oxygens (including phenoxy) is 1. The van der Waals surface area contributed by atoms with Crippen molar-refractivity contribution < 1.29 is 14.4 Å². The molecule has 1 aliphatic heterocycles. The molecule has 0 bridgehead atoms. The summed E-state index contributed by atoms with van der Waals surface area (Å²) in [5.74, 6) is 0. The molecule has 20 heavy (non-hydrogen) atoms. The van der Waals surface area contributed by atoms with Crippen LogP contribution in [0.1, 0.15) is 32.0 Å². The molecule has 1 aromatic rings. The van der Waals surface area contributed by atoms with Gasteiger partial charge in [0.2, 0.25) is 0 Å². The summed E-state index contributed by atoms with van der Waals surface area (Å²) in [7, 11) is 0. The number of halogens is 1. The third kappa shape index (κ3) is 3.10. The molecule has 1 fully saturated rings. The molecule has 1 aliphatic rings. The predicted octanol–water partition coefficient (Wildman–Crippen LogP) is 1.50. The third-order valence-electron chi connectivity index (χ3n) is 3.10. The van der Waals surface area contributed by atoms with Gasteiger partial charge in [-0.3, -0.25) is 4.98 Å². The van der Waals surface area contributed by atoms with E-state index in [9.17, 15) is 9.66 Å². The second-order valence-electron chi connectivity index (χ2n) is 5.88. The number of hydrogen-bond donors (Lipinski definition) is 2. The van der Waals surface area contributed by atoms with Crippen molar-refractivity contribution in [1.29, 1.82) is 0 Å². The van der Waals surface area contributed by atoms with Crippen LogP contribution in [0.2, 0.25) is 5.02 Å². The number of pyridine rings is 1. The van der Waals surface area contributed by atoms with E-state index in [1.54, 1.807) is 6.07 Å². The molecule has 0 radical (unpaired) electrons. The van der Waals surface area contributed by atoms with Gasteiger partial charge in [0.25, 0.3) is 0 Å². The van der Waals surface area contributed by atoms with E-state index < -0.39 is 21.6 Å². The van der Waals surface area contributed by atoms with Crippen molar-refractivity contribution >= 4 is 23.0 Å². The molecule has 5 nitrogen and oxygen atoms in total. The molecule has 1 aromatic heterocycles. The van der Waals surface area contributed by atoms with Crippen molar-refractivity contribution in [3.8, 4) is 0 Å². The smallest absolute Gasteiger partial charge is 0.152 e. The van der Waals surface area contributed by atoms with Gasteiger partial charge < -0.3 is 14.4 Å². The number of rotatable bonds is 4. The quantitative estimate of drug-likeness (QED) is 0.823. The van der Waals surface area contributed by atoms with Crippen LogP contribution in [0.15, 0.2) is 12.3 Å². The highest BCUT2D eigenvalue weighted by Gasteiger charge is 2.49. The average Bonchev–Trinajstić information content (AvgIpc) is 2.32. The maximum atomic E-state index is 12.3. The Kier molecular flexibility index (Phi) is 4.63. The maximum absolute atomic E-state index is 12.3. The van der Waals surface area contributed by atoms with Gasteiger partial charge in [-0.15, -0.1) is 4.72 Å². The Morgan fingerprint density at radius 1 is 1.55 bits per heavy atom. The summed E-state index contributed by atoms with van der Waals surface area (Å²) in [4.78, 5) is 4.31. The Balaban J connectivity index is 2.32. The first kappa shape index (κ1) is 16.0. The summed E-state index contributed by atoms with van der Waals surface area (Å²) in [5.41, 5.74) is 0.647. The number of aromatic nitrogens is 1. The third-order valence-corrected chi connectivity index (χ3v) is 4.99. The molecule has 0 saturated carbocycles. The number of aliphatic hydroxyl groups excluding tert-OH is 1. The normalized spacial score (nSPS) is 19.5. The van der Waals surface area contributed by atoms with E-state index in [0.29, 0.717) is 29.5 Å². The summed E-state index contributed by atoms with van der Waals surface area (Å²) >= 11 is 4.64. The first-order valence-electron chi connectivity index (χ1n) is 6.32. The molecule has 112 valence electrons. The van der Waals surface area contributed by atoms with Crippen LogP contribution in [0.4, 0.5) is 0 Å². The fourth-order valence-electron chi connectivity index (χ4n) is 1.91. The van der Waals surface area contributed by atoms with Crippen molar-refractivity contribution in [3.63, 3.8) is 0 Å². The average molecular weight is 319 g/mol. The lowest BCUT2D eigenvalue weighted by Gasteiger charge is -2.43. The summed E-state index contributed by atoms with van der Waals surface area (Å²) in [6.45, 7) is 6.25. The van der Waals surface area contributed by atoms with Crippen LogP contribution < -0.4 is 4.72 Å². The Morgan fingerprint density at radius 3 is 2.65 bits per heavy atom. The Morgan fingerprint density at radius 2 is 2.20 bits per heavy atom. The molecule has 1 unspecified atom stereocenters. The Bertz CT molecular complexity index is 489. The lowest BCUT2D eigenvalue weighted by molar-refractivity contribution is -0.0696. The largest absolute Gasteiger partial charge is 0.598 e. The van der Waals surface area contributed by atoms with Crippen molar-refractivity contribution in [1.82, 2.24) is 9.71 Å². The van der Waals surface area contributed by atoms with E-state index in [-0.39, 0.29) is 6.61 Å². The van der Waals surface area contributed by atoms with Crippen molar-refractivity contribution in [2.45, 2.75) is 37.7 Å². The van der Waals surface area contributed by atoms with E-state index in [0.717, 1.165) is 0 Å². The monoisotopic (exact) mass is 318 g/mol. The molecule has 1 atom stereocenters. The molecule has 7 heteroatoms. The predicted molar refractivity (Wildman–Crippen MR) is 78.7 cm³/mol. The summed E-state index contributed by atoms with van der Waals surface area (Å²) < 4.78 is 20.3. The number of nitrogens with zero attached hydrogens (tertiary/aromatic N) is 1. The molecule has 0 amide bonds. The van der Waals surface area contributed by atoms with Gasteiger partial charge in [0.05, 0.1) is 30.5 Å². The zero-order valence-corrected chi connectivity index (χ0v) is 13.3. The lowest BCUT2D eigenvalue weighted by atomic mass is 9.90. The van der Waals surface area contributed by atoms with Gasteiger partial charge in [-0.2, -0.15) is 0 Å². The van der Waals surface area contributed by atoms with Crippen molar-refractivity contribution in [3.05, 3.63) is 28.5 Å². The van der Waals surface area contributed by atoms with Crippen LogP contribution in [0.3, 0.4) is 0 Å². The van der Waals surface area contributed by atoms with E-state index >= 15 is 0 Å². The second kappa shape index (κ2) is 5.79. The van der Waals surface area contributed by atoms with Gasteiger partial charge in [0.15, 0.2) is 5.54 Å². The van der Waals surface area contributed by atoms with Crippen LogP contribution in [-0.2, 0) is 28.2 Å². The molecule has 0 aliphatic carbocycles. The van der Waals surface area contributed by atoms with Crippen LogP contribution in [-0.4, -0.2) is 32.6 Å². The SMILES string of the molecule is CC(C)(C)[S+]([O-])NC1(c2ncc(Cl)cc2CO)COC1. The number of hydrogen-bond acceptors (Lipinski definition) is 5. The van der Waals surface area contributed by atoms with E-state index in [1.807, 2.05) is 20.8 Å². The van der Waals surface area contributed by atoms with E-state index in [1.165, 1.54) is 6.20 Å². The van der Waals surface area contributed by atoms with Crippen LogP contribution >= 0.6 is 11.6 Å². The second-order valence-corrected chi connectivity index (χ2v) is 8.28. The molecular weight excluding hydrogens is 300 g/mol. The summed E-state index contributed by atoms with van der Waals surface area (Å²) in [6.07, 6.45) is 1.53. The lowest BCUT2D eigenvalue weighted by Crippen LogP contribution is -2.62. The summed E-state index contributed by atoms with van der Waals surface area (Å²) in [6, 6.07) is 1.67. The minimum Gasteiger partial charge on any atom is -0.598 e. The van der Waals surface area contributed by atoms with Gasteiger partial charge >= 0.3 is 0 Å². The minimum atomic E-state index is -1.26. The summed E-state index contributed by atoms with van der Waals surface area (Å²) in [5, 5.41) is 9.94. The highest BCUT2D eigenvalue weighted by atomic mass is 35.5. The fraction of sp³-hybridized carbons (Fsp3) is 0.615. The van der Waals surface area contributed by atoms with Gasteiger partial charge in [0, 0.05) is 23.1 Å². The molecule has 2 rings (SSSR count). The topological polar surface area (TPSA) is 77.4 Å². The van der Waals surface area contributed by atoms with Gasteiger partial charge in [0.1, 0.15) is 4.75 Å². The number of nitrogens with one attached hydrogen (secondary N) is 1. The van der Waals surface area contributed by atoms with Crippen LogP contribution in [0, 0.1) is 0 Å². The first-order valence-corrected chi connectivity index (χ1v) is 7.84. The minimum absolute atomic E-state index is 0.172. The van der Waals surface area contributed by atoms with Crippen molar-refractivity contribution in [2.75, 3.05) is 13.2 Å². The standard InChI is InChI=1S/C13H19ClN2O3S/c1-12(2,3)20(18)16-13(7-19-8-13)11-9(6-17)4-10(14)5-15-11/h4-5,16-17H,6-8H2,1-3H3. The molecular formula is C13H19ClN2O3S. The van der Waals surface area contributed by atoms with Gasteiger partial charge in [-0.1, -0.05) is 11.6 Å². The molecule has 2 N–H and O–H groups in total. The van der Waals surface area contributed by atoms with Gasteiger partial charge in [-0.05, 0) is 26.8 Å². The molecule has 1 saturated heterocycles. The van der Waals surface area contributed by atoms with Crippen LogP contribution in [0.25, 0.3) is 0 Å². The van der Waals surface area contributed by atoms with Crippen molar-refractivity contribution in [2.24, 2.45) is 0 Å². The molecule has 0 spiro atoms. The van der Waals surface area contributed by atoms with Crippen LogP contribution in [0.5, 0.6) is 0 Å². The van der Waals surface area contributed by atoms with Gasteiger partial charge in [-0.25, -0.2) is 0 Å². The molecule has 0 aromatic carbocycles. The highest BCUT2D eigenvalue weighted by Crippen LogP contribution is 2.34. The zero-order valence-electron chi connectivity index (χ0n) is 11.8. The van der Waals surface area contributed by atoms with E-state index in [4.69, 9.17) is 16.3 Å². The highest BCUT2D eigenvalue weighted by molar-refractivity contribution is 7.90. The molecule has 2 heterocycles. The Hall–Kier alpha value is -0.370. The first-order chi connectivity index (χ1) is 9.28. The Labute approximate surface area is 127 Å².